The maximum atomic E-state index is 10.7. The summed E-state index contributed by atoms with van der Waals surface area (Å²) in [5, 5.41) is 11.4. The van der Waals surface area contributed by atoms with Gasteiger partial charge >= 0.3 is 5.97 Å². The van der Waals surface area contributed by atoms with Crippen molar-refractivity contribution in [2.45, 2.75) is 13.1 Å². The number of benzene rings is 1. The number of rotatable bonds is 4. The number of nitrogens with zero attached hydrogens (tertiary/aromatic N) is 3. The van der Waals surface area contributed by atoms with Gasteiger partial charge in [-0.2, -0.15) is 0 Å². The van der Waals surface area contributed by atoms with E-state index in [0.717, 1.165) is 11.4 Å². The summed E-state index contributed by atoms with van der Waals surface area (Å²) < 4.78 is 0. The number of hydrogen-bond donors (Lipinski definition) is 2. The third-order valence-electron chi connectivity index (χ3n) is 3.37. The van der Waals surface area contributed by atoms with Gasteiger partial charge in [0.15, 0.2) is 5.11 Å². The molecule has 1 aliphatic rings. The standard InChI is InChI=1S/C13H18N4O2S/c1-9-16(3)14-13(20)17(9)11-6-4-10(5-7-11)15(2)8-12(18)19/h4-7,9H,8H2,1-3H3,(H,14,20)(H,18,19). The van der Waals surface area contributed by atoms with Gasteiger partial charge < -0.3 is 14.9 Å². The van der Waals surface area contributed by atoms with Gasteiger partial charge in [-0.05, 0) is 43.4 Å². The van der Waals surface area contributed by atoms with Crippen LogP contribution in [-0.2, 0) is 4.79 Å². The van der Waals surface area contributed by atoms with Crippen molar-refractivity contribution >= 4 is 34.7 Å². The smallest absolute Gasteiger partial charge is 0.323 e. The average Bonchev–Trinajstić information content (AvgIpc) is 2.63. The molecule has 1 aliphatic heterocycles. The summed E-state index contributed by atoms with van der Waals surface area (Å²) in [6, 6.07) is 7.67. The lowest BCUT2D eigenvalue weighted by atomic mass is 10.2. The third kappa shape index (κ3) is 2.83. The van der Waals surface area contributed by atoms with E-state index in [-0.39, 0.29) is 12.7 Å². The average molecular weight is 294 g/mol. The third-order valence-corrected chi connectivity index (χ3v) is 3.65. The van der Waals surface area contributed by atoms with Crippen molar-refractivity contribution in [3.05, 3.63) is 24.3 Å². The van der Waals surface area contributed by atoms with Gasteiger partial charge in [0.2, 0.25) is 0 Å². The molecular formula is C13H18N4O2S. The number of aliphatic carboxylic acids is 1. The highest BCUT2D eigenvalue weighted by Gasteiger charge is 2.29. The Morgan fingerprint density at radius 3 is 2.50 bits per heavy atom. The number of anilines is 2. The van der Waals surface area contributed by atoms with Gasteiger partial charge in [-0.15, -0.1) is 0 Å². The minimum Gasteiger partial charge on any atom is -0.480 e. The summed E-state index contributed by atoms with van der Waals surface area (Å²) in [5.74, 6) is -0.850. The normalized spacial score (nSPS) is 19.1. The van der Waals surface area contributed by atoms with Crippen LogP contribution < -0.4 is 15.2 Å². The fourth-order valence-corrected chi connectivity index (χ4v) is 2.54. The molecule has 1 fully saturated rings. The Morgan fingerprint density at radius 2 is 2.05 bits per heavy atom. The molecule has 1 atom stereocenters. The summed E-state index contributed by atoms with van der Waals surface area (Å²) in [4.78, 5) is 14.4. The van der Waals surface area contributed by atoms with Crippen LogP contribution in [0.2, 0.25) is 0 Å². The van der Waals surface area contributed by atoms with Crippen LogP contribution in [0.15, 0.2) is 24.3 Å². The quantitative estimate of drug-likeness (QED) is 0.806. The van der Waals surface area contributed by atoms with Gasteiger partial charge in [0, 0.05) is 25.5 Å². The molecule has 2 rings (SSSR count). The minimum atomic E-state index is -0.850. The summed E-state index contributed by atoms with van der Waals surface area (Å²) in [5.41, 5.74) is 4.92. The van der Waals surface area contributed by atoms with Crippen molar-refractivity contribution in [3.63, 3.8) is 0 Å². The number of nitrogens with one attached hydrogen (secondary N) is 1. The lowest BCUT2D eigenvalue weighted by Crippen LogP contribution is -2.35. The Bertz CT molecular complexity index is 520. The molecular weight excluding hydrogens is 276 g/mol. The number of carboxylic acids is 1. The van der Waals surface area contributed by atoms with Crippen molar-refractivity contribution in [2.75, 3.05) is 30.4 Å². The van der Waals surface area contributed by atoms with Crippen LogP contribution >= 0.6 is 12.2 Å². The topological polar surface area (TPSA) is 59.0 Å². The molecule has 0 saturated carbocycles. The molecule has 1 aromatic carbocycles. The SMILES string of the molecule is CC1N(C)NC(=S)N1c1ccc(N(C)CC(=O)O)cc1. The Kier molecular flexibility index (Phi) is 4.10. The van der Waals surface area contributed by atoms with E-state index in [0.29, 0.717) is 5.11 Å². The molecule has 0 spiro atoms. The highest BCUT2D eigenvalue weighted by molar-refractivity contribution is 7.80. The number of likely N-dealkylation sites (N-methyl/N-ethyl adjacent to an activating group) is 1. The Labute approximate surface area is 123 Å². The maximum Gasteiger partial charge on any atom is 0.323 e. The van der Waals surface area contributed by atoms with Crippen molar-refractivity contribution < 1.29 is 9.90 Å². The van der Waals surface area contributed by atoms with E-state index in [1.54, 1.807) is 11.9 Å². The molecule has 20 heavy (non-hydrogen) atoms. The largest absolute Gasteiger partial charge is 0.480 e. The van der Waals surface area contributed by atoms with Crippen molar-refractivity contribution in [1.82, 2.24) is 10.4 Å². The van der Waals surface area contributed by atoms with Crippen molar-refractivity contribution in [1.29, 1.82) is 0 Å². The molecule has 2 N–H and O–H groups in total. The van der Waals surface area contributed by atoms with Gasteiger partial charge in [0.25, 0.3) is 0 Å². The lowest BCUT2D eigenvalue weighted by Gasteiger charge is -2.24. The van der Waals surface area contributed by atoms with Crippen LogP contribution in [0, 0.1) is 0 Å². The highest BCUT2D eigenvalue weighted by Crippen LogP contribution is 2.24. The van der Waals surface area contributed by atoms with E-state index in [9.17, 15) is 4.79 Å². The number of hydrazine groups is 1. The molecule has 6 nitrogen and oxygen atoms in total. The Balaban J connectivity index is 2.16. The monoisotopic (exact) mass is 294 g/mol. The zero-order valence-electron chi connectivity index (χ0n) is 11.7. The van der Waals surface area contributed by atoms with Crippen LogP contribution in [-0.4, -0.2) is 48.0 Å². The van der Waals surface area contributed by atoms with E-state index in [1.165, 1.54) is 0 Å². The second-order valence-electron chi connectivity index (χ2n) is 4.80. The molecule has 1 aromatic rings. The first-order valence-corrected chi connectivity index (χ1v) is 6.66. The van der Waals surface area contributed by atoms with Crippen LogP contribution in [0.5, 0.6) is 0 Å². The number of hydrogen-bond acceptors (Lipinski definition) is 4. The first-order chi connectivity index (χ1) is 9.40. The van der Waals surface area contributed by atoms with Crippen LogP contribution in [0.1, 0.15) is 6.92 Å². The van der Waals surface area contributed by atoms with Gasteiger partial charge in [-0.3, -0.25) is 10.2 Å². The highest BCUT2D eigenvalue weighted by atomic mass is 32.1. The number of carbonyl (C=O) groups is 1. The van der Waals surface area contributed by atoms with Gasteiger partial charge in [-0.25, -0.2) is 5.01 Å². The summed E-state index contributed by atoms with van der Waals surface area (Å²) in [6.07, 6.45) is 0.130. The zero-order chi connectivity index (χ0) is 14.9. The van der Waals surface area contributed by atoms with Crippen LogP contribution in [0.4, 0.5) is 11.4 Å². The van der Waals surface area contributed by atoms with Crippen molar-refractivity contribution in [3.8, 4) is 0 Å². The maximum absolute atomic E-state index is 10.7. The zero-order valence-corrected chi connectivity index (χ0v) is 12.5. The summed E-state index contributed by atoms with van der Waals surface area (Å²) >= 11 is 5.30. The van der Waals surface area contributed by atoms with Crippen molar-refractivity contribution in [2.24, 2.45) is 0 Å². The molecule has 0 bridgehead atoms. The van der Waals surface area contributed by atoms with Gasteiger partial charge in [0.1, 0.15) is 12.7 Å². The van der Waals surface area contributed by atoms with Crippen LogP contribution in [0.25, 0.3) is 0 Å². The molecule has 1 saturated heterocycles. The molecule has 108 valence electrons. The van der Waals surface area contributed by atoms with Crippen LogP contribution in [0.3, 0.4) is 0 Å². The van der Waals surface area contributed by atoms with Gasteiger partial charge in [0.05, 0.1) is 0 Å². The van der Waals surface area contributed by atoms with Gasteiger partial charge in [-0.1, -0.05) is 0 Å². The Morgan fingerprint density at radius 1 is 1.45 bits per heavy atom. The molecule has 1 heterocycles. The lowest BCUT2D eigenvalue weighted by molar-refractivity contribution is -0.135. The van der Waals surface area contributed by atoms with E-state index in [4.69, 9.17) is 17.3 Å². The van der Waals surface area contributed by atoms with E-state index < -0.39 is 5.97 Å². The summed E-state index contributed by atoms with van der Waals surface area (Å²) in [7, 11) is 3.69. The molecule has 1 unspecified atom stereocenters. The summed E-state index contributed by atoms with van der Waals surface area (Å²) in [6.45, 7) is 2.03. The molecule has 0 amide bonds. The molecule has 0 radical (unpaired) electrons. The van der Waals surface area contributed by atoms with E-state index in [2.05, 4.69) is 12.3 Å². The minimum absolute atomic E-state index is 0.0256. The fourth-order valence-electron chi connectivity index (χ4n) is 2.14. The second-order valence-corrected chi connectivity index (χ2v) is 5.18. The predicted octanol–water partition coefficient (Wildman–Crippen LogP) is 1.09. The fraction of sp³-hybridized carbons (Fsp3) is 0.385. The first kappa shape index (κ1) is 14.5. The van der Waals surface area contributed by atoms with E-state index >= 15 is 0 Å². The number of carboxylic acid groups (broad SMARTS) is 1. The Hall–Kier alpha value is -1.86. The molecule has 0 aliphatic carbocycles. The predicted molar refractivity (Wildman–Crippen MR) is 82.8 cm³/mol. The molecule has 7 heteroatoms. The second kappa shape index (κ2) is 5.64. The number of thiocarbonyl (C=S) groups is 1. The van der Waals surface area contributed by atoms with E-state index in [1.807, 2.05) is 41.2 Å². The first-order valence-electron chi connectivity index (χ1n) is 6.26. The molecule has 0 aromatic heterocycles.